The van der Waals surface area contributed by atoms with E-state index in [9.17, 15) is 4.79 Å². The van der Waals surface area contributed by atoms with E-state index in [4.69, 9.17) is 0 Å². The summed E-state index contributed by atoms with van der Waals surface area (Å²) in [4.78, 5) is 16.5. The van der Waals surface area contributed by atoms with Gasteiger partial charge in [-0.15, -0.1) is 0 Å². The summed E-state index contributed by atoms with van der Waals surface area (Å²) in [5, 5.41) is 4.94. The molecule has 1 aromatic heterocycles. The first-order valence-corrected chi connectivity index (χ1v) is 6.48. The first kappa shape index (κ1) is 12.4. The molecule has 0 radical (unpaired) electrons. The number of rotatable bonds is 3. The molecule has 0 atom stereocenters. The Balaban J connectivity index is 1.84. The molecule has 1 N–H and O–H groups in total. The summed E-state index contributed by atoms with van der Waals surface area (Å²) in [7, 11) is 1.91. The second-order valence-electron chi connectivity index (χ2n) is 4.66. The Morgan fingerprint density at radius 2 is 2.00 bits per heavy atom. The van der Waals surface area contributed by atoms with E-state index < -0.39 is 0 Å². The molecule has 0 aliphatic heterocycles. The lowest BCUT2D eigenvalue weighted by Crippen LogP contribution is -2.24. The highest BCUT2D eigenvalue weighted by molar-refractivity contribution is 6.06. The van der Waals surface area contributed by atoms with Crippen LogP contribution in [0.4, 0.5) is 0 Å². The van der Waals surface area contributed by atoms with E-state index in [1.165, 1.54) is 0 Å². The van der Waals surface area contributed by atoms with Gasteiger partial charge in [0.15, 0.2) is 0 Å². The van der Waals surface area contributed by atoms with Gasteiger partial charge in [-0.3, -0.25) is 4.79 Å². The maximum absolute atomic E-state index is 12.3. The quantitative estimate of drug-likeness (QED) is 0.791. The predicted molar refractivity (Wildman–Crippen MR) is 78.3 cm³/mol. The zero-order valence-corrected chi connectivity index (χ0v) is 11.2. The molecule has 0 fully saturated rings. The molecule has 0 spiro atoms. The van der Waals surface area contributed by atoms with Gasteiger partial charge in [-0.05, 0) is 16.8 Å². The molecule has 0 unspecified atom stereocenters. The minimum Gasteiger partial charge on any atom is -0.345 e. The van der Waals surface area contributed by atoms with Crippen molar-refractivity contribution in [1.82, 2.24) is 14.9 Å². The Morgan fingerprint density at radius 3 is 2.80 bits per heavy atom. The number of benzene rings is 2. The monoisotopic (exact) mass is 265 g/mol. The fourth-order valence-electron chi connectivity index (χ4n) is 2.24. The molecule has 0 aliphatic carbocycles. The number of aromatic nitrogens is 2. The number of hydrogen-bond donors (Lipinski definition) is 1. The Kier molecular flexibility index (Phi) is 3.21. The van der Waals surface area contributed by atoms with Gasteiger partial charge < -0.3 is 9.88 Å². The number of carbonyl (C=O) groups is 1. The molecule has 1 heterocycles. The van der Waals surface area contributed by atoms with E-state index in [2.05, 4.69) is 10.3 Å². The first-order chi connectivity index (χ1) is 9.75. The zero-order chi connectivity index (χ0) is 13.9. The van der Waals surface area contributed by atoms with Gasteiger partial charge in [0, 0.05) is 25.0 Å². The lowest BCUT2D eigenvalue weighted by molar-refractivity contribution is 0.0951. The van der Waals surface area contributed by atoms with Crippen LogP contribution in [0.15, 0.2) is 54.9 Å². The molecular weight excluding hydrogens is 250 g/mol. The molecule has 0 saturated heterocycles. The average Bonchev–Trinajstić information content (AvgIpc) is 2.89. The van der Waals surface area contributed by atoms with Crippen molar-refractivity contribution in [2.24, 2.45) is 7.05 Å². The Hall–Kier alpha value is -2.62. The number of fused-ring (bicyclic) bond motifs is 1. The molecule has 100 valence electrons. The number of hydrogen-bond acceptors (Lipinski definition) is 2. The van der Waals surface area contributed by atoms with Crippen molar-refractivity contribution in [3.63, 3.8) is 0 Å². The number of nitrogens with zero attached hydrogens (tertiary/aromatic N) is 2. The fraction of sp³-hybridized carbons (Fsp3) is 0.125. The van der Waals surface area contributed by atoms with Crippen molar-refractivity contribution in [1.29, 1.82) is 0 Å². The van der Waals surface area contributed by atoms with Crippen LogP contribution in [-0.2, 0) is 13.6 Å². The highest BCUT2D eigenvalue weighted by Gasteiger charge is 2.10. The molecule has 20 heavy (non-hydrogen) atoms. The van der Waals surface area contributed by atoms with Gasteiger partial charge >= 0.3 is 0 Å². The Bertz CT molecular complexity index is 756. The highest BCUT2D eigenvalue weighted by Crippen LogP contribution is 2.18. The van der Waals surface area contributed by atoms with Gasteiger partial charge in [0.2, 0.25) is 0 Å². The second kappa shape index (κ2) is 5.17. The van der Waals surface area contributed by atoms with Crippen molar-refractivity contribution in [3.8, 4) is 0 Å². The van der Waals surface area contributed by atoms with E-state index in [-0.39, 0.29) is 5.91 Å². The molecule has 4 heteroatoms. The average molecular weight is 265 g/mol. The Morgan fingerprint density at radius 1 is 1.20 bits per heavy atom. The van der Waals surface area contributed by atoms with Crippen LogP contribution in [0.5, 0.6) is 0 Å². The van der Waals surface area contributed by atoms with Crippen LogP contribution in [0.2, 0.25) is 0 Å². The molecule has 2 aromatic carbocycles. The fourth-order valence-corrected chi connectivity index (χ4v) is 2.24. The van der Waals surface area contributed by atoms with Gasteiger partial charge in [-0.2, -0.15) is 0 Å². The van der Waals surface area contributed by atoms with Gasteiger partial charge in [-0.1, -0.05) is 36.4 Å². The maximum atomic E-state index is 12.3. The predicted octanol–water partition coefficient (Wildman–Crippen LogP) is 2.50. The van der Waals surface area contributed by atoms with Crippen LogP contribution < -0.4 is 5.32 Å². The van der Waals surface area contributed by atoms with Crippen LogP contribution in [0.1, 0.15) is 16.2 Å². The molecule has 1 amide bonds. The topological polar surface area (TPSA) is 46.9 Å². The number of nitrogens with one attached hydrogen (secondary N) is 1. The molecule has 3 aromatic rings. The second-order valence-corrected chi connectivity index (χ2v) is 4.66. The normalized spacial score (nSPS) is 10.7. The smallest absolute Gasteiger partial charge is 0.252 e. The summed E-state index contributed by atoms with van der Waals surface area (Å²) >= 11 is 0. The summed E-state index contributed by atoms with van der Waals surface area (Å²) < 4.78 is 1.89. The van der Waals surface area contributed by atoms with E-state index in [1.54, 1.807) is 6.20 Å². The standard InChI is InChI=1S/C16H15N3O/c1-19-10-9-17-15(19)11-18-16(20)14-8-4-6-12-5-2-3-7-13(12)14/h2-10H,11H2,1H3,(H,18,20). The Labute approximate surface area is 117 Å². The molecule has 3 rings (SSSR count). The highest BCUT2D eigenvalue weighted by atomic mass is 16.1. The third-order valence-electron chi connectivity index (χ3n) is 3.36. The van der Waals surface area contributed by atoms with E-state index in [0.29, 0.717) is 12.1 Å². The van der Waals surface area contributed by atoms with Crippen molar-refractivity contribution < 1.29 is 4.79 Å². The molecule has 4 nitrogen and oxygen atoms in total. The lowest BCUT2D eigenvalue weighted by Gasteiger charge is -2.08. The zero-order valence-electron chi connectivity index (χ0n) is 11.2. The summed E-state index contributed by atoms with van der Waals surface area (Å²) in [6.07, 6.45) is 3.58. The van der Waals surface area contributed by atoms with Crippen LogP contribution in [0.3, 0.4) is 0 Å². The first-order valence-electron chi connectivity index (χ1n) is 6.48. The molecule has 0 bridgehead atoms. The van der Waals surface area contributed by atoms with E-state index >= 15 is 0 Å². The third kappa shape index (κ3) is 2.28. The van der Waals surface area contributed by atoms with Crippen LogP contribution in [-0.4, -0.2) is 15.5 Å². The van der Waals surface area contributed by atoms with Gasteiger partial charge in [-0.25, -0.2) is 4.98 Å². The van der Waals surface area contributed by atoms with Crippen molar-refractivity contribution in [3.05, 3.63) is 66.2 Å². The van der Waals surface area contributed by atoms with Crippen LogP contribution in [0, 0.1) is 0 Å². The van der Waals surface area contributed by atoms with Crippen molar-refractivity contribution >= 4 is 16.7 Å². The summed E-state index contributed by atoms with van der Waals surface area (Å²) in [5.41, 5.74) is 0.692. The number of amides is 1. The summed E-state index contributed by atoms with van der Waals surface area (Å²) in [6.45, 7) is 0.422. The van der Waals surface area contributed by atoms with Crippen LogP contribution >= 0.6 is 0 Å². The lowest BCUT2D eigenvalue weighted by atomic mass is 10.0. The molecule has 0 aliphatic rings. The van der Waals surface area contributed by atoms with E-state index in [0.717, 1.165) is 16.6 Å². The maximum Gasteiger partial charge on any atom is 0.252 e. The minimum atomic E-state index is -0.0789. The summed E-state index contributed by atoms with van der Waals surface area (Å²) in [5.74, 6) is 0.753. The van der Waals surface area contributed by atoms with Crippen molar-refractivity contribution in [2.45, 2.75) is 6.54 Å². The van der Waals surface area contributed by atoms with Gasteiger partial charge in [0.25, 0.3) is 5.91 Å². The van der Waals surface area contributed by atoms with Gasteiger partial charge in [0.1, 0.15) is 5.82 Å². The number of carbonyl (C=O) groups excluding carboxylic acids is 1. The van der Waals surface area contributed by atoms with Gasteiger partial charge in [0.05, 0.1) is 6.54 Å². The minimum absolute atomic E-state index is 0.0789. The summed E-state index contributed by atoms with van der Waals surface area (Å²) in [6, 6.07) is 13.6. The largest absolute Gasteiger partial charge is 0.345 e. The molecule has 0 saturated carbocycles. The number of aryl methyl sites for hydroxylation is 1. The van der Waals surface area contributed by atoms with Crippen molar-refractivity contribution in [2.75, 3.05) is 0 Å². The van der Waals surface area contributed by atoms with E-state index in [1.807, 2.05) is 60.3 Å². The molecular formula is C16H15N3O. The third-order valence-corrected chi connectivity index (χ3v) is 3.36. The number of imidazole rings is 1. The van der Waals surface area contributed by atoms with Crippen LogP contribution in [0.25, 0.3) is 10.8 Å². The SMILES string of the molecule is Cn1ccnc1CNC(=O)c1cccc2ccccc12.